The van der Waals surface area contributed by atoms with Gasteiger partial charge in [0.1, 0.15) is 22.8 Å². The van der Waals surface area contributed by atoms with Gasteiger partial charge in [-0.05, 0) is 47.0 Å². The minimum absolute atomic E-state index is 0.425. The van der Waals surface area contributed by atoms with Gasteiger partial charge in [-0.3, -0.25) is 4.68 Å². The zero-order chi connectivity index (χ0) is 20.3. The topological polar surface area (TPSA) is 108 Å². The van der Waals surface area contributed by atoms with Crippen LogP contribution in [-0.2, 0) is 13.0 Å². The molecule has 5 aromatic rings. The number of anilines is 1. The summed E-state index contributed by atoms with van der Waals surface area (Å²) in [5.74, 6) is 2.03. The van der Waals surface area contributed by atoms with E-state index in [9.17, 15) is 0 Å². The van der Waals surface area contributed by atoms with Crippen molar-refractivity contribution in [2.75, 3.05) is 5.73 Å². The lowest BCUT2D eigenvalue weighted by atomic mass is 10.1. The molecule has 0 saturated carbocycles. The zero-order valence-electron chi connectivity index (χ0n) is 16.1. The van der Waals surface area contributed by atoms with Crippen LogP contribution in [0.25, 0.3) is 11.2 Å². The summed E-state index contributed by atoms with van der Waals surface area (Å²) in [6.45, 7) is 0.643. The van der Waals surface area contributed by atoms with Gasteiger partial charge in [0.2, 0.25) is 5.65 Å². The van der Waals surface area contributed by atoms with Crippen LogP contribution in [-0.4, -0.2) is 30.2 Å². The van der Waals surface area contributed by atoms with Gasteiger partial charge in [0.05, 0.1) is 12.7 Å². The first kappa shape index (κ1) is 17.9. The van der Waals surface area contributed by atoms with Crippen LogP contribution in [0.1, 0.15) is 16.7 Å². The highest BCUT2D eigenvalue weighted by atomic mass is 16.5. The summed E-state index contributed by atoms with van der Waals surface area (Å²) in [7, 11) is 0. The van der Waals surface area contributed by atoms with Gasteiger partial charge in [0, 0.05) is 12.6 Å². The fraction of sp³-hybridized carbons (Fsp3) is 0.0909. The first-order chi connectivity index (χ1) is 14.7. The molecule has 0 saturated heterocycles. The second kappa shape index (κ2) is 7.67. The quantitative estimate of drug-likeness (QED) is 0.454. The smallest absolute Gasteiger partial charge is 0.203 e. The number of aromatic nitrogens is 6. The molecule has 8 nitrogen and oxygen atoms in total. The van der Waals surface area contributed by atoms with E-state index in [0.29, 0.717) is 24.4 Å². The molecule has 0 bridgehead atoms. The molecular weight excluding hydrogens is 378 g/mol. The van der Waals surface area contributed by atoms with Crippen molar-refractivity contribution in [1.29, 1.82) is 0 Å². The molecule has 148 valence electrons. The van der Waals surface area contributed by atoms with E-state index in [0.717, 1.165) is 33.7 Å². The van der Waals surface area contributed by atoms with E-state index >= 15 is 0 Å². The maximum Gasteiger partial charge on any atom is 0.203 e. The predicted molar refractivity (Wildman–Crippen MR) is 113 cm³/mol. The molecule has 8 heteroatoms. The SMILES string of the molecule is Nc1cc(Cc2cnn(Cc3cccc(Oc4ccccc4)c3)c2)c2n[nH]nc2n1. The van der Waals surface area contributed by atoms with Gasteiger partial charge in [-0.2, -0.15) is 15.4 Å². The van der Waals surface area contributed by atoms with Gasteiger partial charge in [-0.25, -0.2) is 4.98 Å². The van der Waals surface area contributed by atoms with Gasteiger partial charge < -0.3 is 10.5 Å². The van der Waals surface area contributed by atoms with Crippen molar-refractivity contribution in [1.82, 2.24) is 30.2 Å². The van der Waals surface area contributed by atoms with E-state index in [1.807, 2.05) is 71.7 Å². The Hall–Kier alpha value is -4.20. The Kier molecular flexibility index (Phi) is 4.57. The van der Waals surface area contributed by atoms with Gasteiger partial charge in [0.15, 0.2) is 0 Å². The number of nitrogens with two attached hydrogens (primary N) is 1. The van der Waals surface area contributed by atoms with Crippen LogP contribution in [0.3, 0.4) is 0 Å². The van der Waals surface area contributed by atoms with Crippen molar-refractivity contribution in [3.8, 4) is 11.5 Å². The van der Waals surface area contributed by atoms with Crippen molar-refractivity contribution in [3.05, 3.63) is 89.7 Å². The number of rotatable bonds is 6. The fourth-order valence-corrected chi connectivity index (χ4v) is 3.38. The molecule has 0 amide bonds. The molecule has 0 aliphatic carbocycles. The molecule has 0 aliphatic rings. The van der Waals surface area contributed by atoms with E-state index in [1.54, 1.807) is 0 Å². The molecule has 0 unspecified atom stereocenters. The third-order valence-corrected chi connectivity index (χ3v) is 4.69. The number of H-pyrrole nitrogens is 1. The summed E-state index contributed by atoms with van der Waals surface area (Å²) >= 11 is 0. The average Bonchev–Trinajstić information content (AvgIpc) is 3.38. The predicted octanol–water partition coefficient (Wildman–Crippen LogP) is 3.56. The van der Waals surface area contributed by atoms with E-state index in [2.05, 4.69) is 31.6 Å². The van der Waals surface area contributed by atoms with Gasteiger partial charge in [0.25, 0.3) is 0 Å². The lowest BCUT2D eigenvalue weighted by Crippen LogP contribution is -2.00. The Morgan fingerprint density at radius 2 is 1.80 bits per heavy atom. The number of ether oxygens (including phenoxy) is 1. The molecule has 0 aliphatic heterocycles. The summed E-state index contributed by atoms with van der Waals surface area (Å²) in [6.07, 6.45) is 4.52. The number of nitrogens with zero attached hydrogens (tertiary/aromatic N) is 5. The van der Waals surface area contributed by atoms with Crippen LogP contribution < -0.4 is 10.5 Å². The Morgan fingerprint density at radius 1 is 0.933 bits per heavy atom. The van der Waals surface area contributed by atoms with E-state index < -0.39 is 0 Å². The van der Waals surface area contributed by atoms with Crippen LogP contribution in [0.5, 0.6) is 11.5 Å². The largest absolute Gasteiger partial charge is 0.457 e. The maximum atomic E-state index is 5.92. The molecular formula is C22H19N7O. The summed E-state index contributed by atoms with van der Waals surface area (Å²) < 4.78 is 7.83. The molecule has 5 rings (SSSR count). The number of nitrogens with one attached hydrogen (secondary N) is 1. The second-order valence-electron chi connectivity index (χ2n) is 6.99. The number of benzene rings is 2. The maximum absolute atomic E-state index is 5.92. The lowest BCUT2D eigenvalue weighted by molar-refractivity contribution is 0.481. The van der Waals surface area contributed by atoms with Crippen molar-refractivity contribution < 1.29 is 4.74 Å². The van der Waals surface area contributed by atoms with Crippen molar-refractivity contribution in [2.45, 2.75) is 13.0 Å². The number of pyridine rings is 1. The molecule has 30 heavy (non-hydrogen) atoms. The Morgan fingerprint density at radius 3 is 2.70 bits per heavy atom. The summed E-state index contributed by atoms with van der Waals surface area (Å²) in [6, 6.07) is 19.6. The average molecular weight is 397 g/mol. The molecule has 3 N–H and O–H groups in total. The normalized spacial score (nSPS) is 11.1. The number of nitrogen functional groups attached to an aromatic ring is 1. The Labute approximate surface area is 172 Å². The molecule has 2 aromatic carbocycles. The number of hydrogen-bond donors (Lipinski definition) is 2. The highest BCUT2D eigenvalue weighted by Gasteiger charge is 2.10. The number of fused-ring (bicyclic) bond motifs is 1. The molecule has 0 fully saturated rings. The summed E-state index contributed by atoms with van der Waals surface area (Å²) in [5.41, 5.74) is 10.3. The van der Waals surface area contributed by atoms with Crippen LogP contribution in [0.4, 0.5) is 5.82 Å². The van der Waals surface area contributed by atoms with E-state index in [4.69, 9.17) is 10.5 Å². The number of para-hydroxylation sites is 1. The third-order valence-electron chi connectivity index (χ3n) is 4.69. The molecule has 3 heterocycles. The van der Waals surface area contributed by atoms with Crippen LogP contribution in [0.15, 0.2) is 73.1 Å². The van der Waals surface area contributed by atoms with Crippen LogP contribution in [0, 0.1) is 0 Å². The van der Waals surface area contributed by atoms with Gasteiger partial charge >= 0.3 is 0 Å². The van der Waals surface area contributed by atoms with E-state index in [1.165, 1.54) is 0 Å². The Balaban J connectivity index is 1.31. The van der Waals surface area contributed by atoms with Crippen LogP contribution >= 0.6 is 0 Å². The molecule has 0 spiro atoms. The van der Waals surface area contributed by atoms with Gasteiger partial charge in [-0.1, -0.05) is 30.3 Å². The fourth-order valence-electron chi connectivity index (χ4n) is 3.38. The molecule has 3 aromatic heterocycles. The summed E-state index contributed by atoms with van der Waals surface area (Å²) in [4.78, 5) is 4.18. The van der Waals surface area contributed by atoms with Gasteiger partial charge in [-0.15, -0.1) is 5.10 Å². The molecule has 0 atom stereocenters. The minimum Gasteiger partial charge on any atom is -0.457 e. The third kappa shape index (κ3) is 3.83. The Bertz CT molecular complexity index is 1290. The van der Waals surface area contributed by atoms with E-state index in [-0.39, 0.29) is 0 Å². The monoisotopic (exact) mass is 397 g/mol. The van der Waals surface area contributed by atoms with Crippen LogP contribution in [0.2, 0.25) is 0 Å². The molecule has 0 radical (unpaired) electrons. The van der Waals surface area contributed by atoms with Crippen molar-refractivity contribution in [3.63, 3.8) is 0 Å². The van der Waals surface area contributed by atoms with Crippen molar-refractivity contribution in [2.24, 2.45) is 0 Å². The summed E-state index contributed by atoms with van der Waals surface area (Å²) in [5, 5.41) is 15.3. The number of hydrogen-bond acceptors (Lipinski definition) is 6. The standard InChI is InChI=1S/C22H19N7O/c23-20-11-17(21-22(25-20)27-28-26-21)9-16-12-24-29(14-16)13-15-5-4-8-19(10-15)30-18-6-2-1-3-7-18/h1-8,10-12,14H,9,13H2,(H3,23,25,26,27,28). The number of aromatic amines is 1. The first-order valence-electron chi connectivity index (χ1n) is 9.52. The highest BCUT2D eigenvalue weighted by Crippen LogP contribution is 2.23. The minimum atomic E-state index is 0.425. The highest BCUT2D eigenvalue weighted by molar-refractivity contribution is 5.76. The lowest BCUT2D eigenvalue weighted by Gasteiger charge is -2.08. The zero-order valence-corrected chi connectivity index (χ0v) is 16.1. The second-order valence-corrected chi connectivity index (χ2v) is 6.99. The first-order valence-corrected chi connectivity index (χ1v) is 9.52. The van der Waals surface area contributed by atoms with Crippen molar-refractivity contribution >= 4 is 17.0 Å².